The molecule has 1 aliphatic heterocycles. The van der Waals surface area contributed by atoms with Gasteiger partial charge in [-0.2, -0.15) is 4.31 Å². The molecule has 0 spiro atoms. The smallest absolute Gasteiger partial charge is 0.247 e. The van der Waals surface area contributed by atoms with Gasteiger partial charge in [0.2, 0.25) is 15.9 Å². The number of methoxy groups -OCH3 is 2. The Morgan fingerprint density at radius 1 is 0.838 bits per heavy atom. The van der Waals surface area contributed by atoms with Gasteiger partial charge >= 0.3 is 0 Å². The molecule has 3 aromatic rings. The highest BCUT2D eigenvalue weighted by molar-refractivity contribution is 7.89. The number of rotatable bonds is 10. The predicted molar refractivity (Wildman–Crippen MR) is 142 cm³/mol. The first-order valence-corrected chi connectivity index (χ1v) is 13.6. The van der Waals surface area contributed by atoms with Gasteiger partial charge in [0, 0.05) is 45.3 Å². The summed E-state index contributed by atoms with van der Waals surface area (Å²) in [5.74, 6) is 0.362. The molecule has 0 aliphatic carbocycles. The molecule has 3 aromatic carbocycles. The molecule has 0 atom stereocenters. The fourth-order valence-corrected chi connectivity index (χ4v) is 5.93. The van der Waals surface area contributed by atoms with Gasteiger partial charge < -0.3 is 14.4 Å². The maximum absolute atomic E-state index is 13.9. The van der Waals surface area contributed by atoms with E-state index in [1.807, 2.05) is 48.5 Å². The molecule has 9 heteroatoms. The van der Waals surface area contributed by atoms with Crippen LogP contribution in [0, 0.1) is 0 Å². The number of benzene rings is 3. The van der Waals surface area contributed by atoms with E-state index in [9.17, 15) is 13.2 Å². The van der Waals surface area contributed by atoms with Crippen molar-refractivity contribution in [3.05, 3.63) is 90.0 Å². The third-order valence-electron chi connectivity index (χ3n) is 6.48. The Labute approximate surface area is 219 Å². The van der Waals surface area contributed by atoms with Gasteiger partial charge in [0.25, 0.3) is 0 Å². The summed E-state index contributed by atoms with van der Waals surface area (Å²) in [5, 5.41) is 0. The van der Waals surface area contributed by atoms with Crippen LogP contribution in [0.15, 0.2) is 83.8 Å². The van der Waals surface area contributed by atoms with E-state index >= 15 is 0 Å². The van der Waals surface area contributed by atoms with Gasteiger partial charge in [-0.05, 0) is 23.3 Å². The first kappa shape index (κ1) is 26.7. The molecule has 0 bridgehead atoms. The van der Waals surface area contributed by atoms with Gasteiger partial charge in [-0.15, -0.1) is 0 Å². The summed E-state index contributed by atoms with van der Waals surface area (Å²) in [4.78, 5) is 17.4. The van der Waals surface area contributed by atoms with Gasteiger partial charge in [0.15, 0.2) is 0 Å². The van der Waals surface area contributed by atoms with Crippen LogP contribution in [0.5, 0.6) is 11.5 Å². The van der Waals surface area contributed by atoms with Gasteiger partial charge in [0.05, 0.1) is 20.8 Å². The second-order valence-electron chi connectivity index (χ2n) is 8.92. The Kier molecular flexibility index (Phi) is 8.81. The summed E-state index contributed by atoms with van der Waals surface area (Å²) < 4.78 is 39.6. The minimum absolute atomic E-state index is 0.0363. The molecule has 0 aromatic heterocycles. The second kappa shape index (κ2) is 12.2. The topological polar surface area (TPSA) is 79.4 Å². The normalized spacial score (nSPS) is 14.5. The number of hydrogen-bond acceptors (Lipinski definition) is 6. The van der Waals surface area contributed by atoms with E-state index in [2.05, 4.69) is 17.0 Å². The van der Waals surface area contributed by atoms with E-state index in [0.717, 1.165) is 25.2 Å². The van der Waals surface area contributed by atoms with Crippen molar-refractivity contribution in [1.29, 1.82) is 0 Å². The number of carbonyl (C=O) groups is 1. The van der Waals surface area contributed by atoms with Crippen LogP contribution in [0.2, 0.25) is 0 Å². The zero-order valence-corrected chi connectivity index (χ0v) is 22.1. The molecule has 0 N–H and O–H groups in total. The predicted octanol–water partition coefficient (Wildman–Crippen LogP) is 3.24. The molecule has 4 rings (SSSR count). The molecule has 8 nitrogen and oxygen atoms in total. The van der Waals surface area contributed by atoms with Crippen molar-refractivity contribution in [2.75, 3.05) is 46.9 Å². The lowest BCUT2D eigenvalue weighted by molar-refractivity contribution is -0.133. The third kappa shape index (κ3) is 6.68. The first-order valence-electron chi connectivity index (χ1n) is 12.2. The van der Waals surface area contributed by atoms with Crippen molar-refractivity contribution in [2.45, 2.75) is 18.0 Å². The number of amides is 1. The Morgan fingerprint density at radius 2 is 1.46 bits per heavy atom. The molecule has 1 fully saturated rings. The van der Waals surface area contributed by atoms with E-state index in [4.69, 9.17) is 9.47 Å². The molecule has 1 saturated heterocycles. The number of piperazine rings is 1. The largest absolute Gasteiger partial charge is 0.497 e. The van der Waals surface area contributed by atoms with Crippen molar-refractivity contribution in [1.82, 2.24) is 14.1 Å². The average Bonchev–Trinajstić information content (AvgIpc) is 2.93. The number of ether oxygens (including phenoxy) is 2. The van der Waals surface area contributed by atoms with Crippen molar-refractivity contribution >= 4 is 15.9 Å². The van der Waals surface area contributed by atoms with E-state index in [-0.39, 0.29) is 29.6 Å². The maximum Gasteiger partial charge on any atom is 0.247 e. The zero-order valence-electron chi connectivity index (χ0n) is 21.2. The minimum atomic E-state index is -4.09. The highest BCUT2D eigenvalue weighted by atomic mass is 32.2. The molecule has 0 unspecified atom stereocenters. The van der Waals surface area contributed by atoms with E-state index in [1.54, 1.807) is 17.0 Å². The summed E-state index contributed by atoms with van der Waals surface area (Å²) >= 11 is 0. The average molecular weight is 524 g/mol. The molecule has 0 radical (unpaired) electrons. The Balaban J connectivity index is 1.51. The lowest BCUT2D eigenvalue weighted by atomic mass is 10.2. The molecule has 196 valence electrons. The first-order chi connectivity index (χ1) is 17.9. The molecule has 1 heterocycles. The van der Waals surface area contributed by atoms with E-state index in [1.165, 1.54) is 30.2 Å². The summed E-state index contributed by atoms with van der Waals surface area (Å²) in [7, 11) is -1.20. The van der Waals surface area contributed by atoms with Crippen LogP contribution < -0.4 is 9.47 Å². The highest BCUT2D eigenvalue weighted by Crippen LogP contribution is 2.31. The Morgan fingerprint density at radius 3 is 2.05 bits per heavy atom. The Bertz CT molecular complexity index is 1280. The van der Waals surface area contributed by atoms with Gasteiger partial charge in [0.1, 0.15) is 16.4 Å². The highest BCUT2D eigenvalue weighted by Gasteiger charge is 2.32. The number of hydrogen-bond donors (Lipinski definition) is 0. The quantitative estimate of drug-likeness (QED) is 0.406. The molecular weight excluding hydrogens is 490 g/mol. The molecule has 37 heavy (non-hydrogen) atoms. The van der Waals surface area contributed by atoms with Crippen LogP contribution >= 0.6 is 0 Å². The van der Waals surface area contributed by atoms with Crippen molar-refractivity contribution in [2.24, 2.45) is 0 Å². The molecule has 0 saturated carbocycles. The lowest BCUT2D eigenvalue weighted by Crippen LogP contribution is -2.51. The van der Waals surface area contributed by atoms with Gasteiger partial charge in [-0.3, -0.25) is 9.69 Å². The fraction of sp³-hybridized carbons (Fsp3) is 0.321. The summed E-state index contributed by atoms with van der Waals surface area (Å²) in [5.41, 5.74) is 2.02. The van der Waals surface area contributed by atoms with Crippen LogP contribution in [0.4, 0.5) is 0 Å². The summed E-state index contributed by atoms with van der Waals surface area (Å²) in [6.45, 7) is 3.18. The number of nitrogens with zero attached hydrogens (tertiary/aromatic N) is 3. The SMILES string of the molecule is COc1ccc(OC)c(S(=O)(=O)N(CC(=O)N2CCN(Cc3ccccc3)CC2)Cc2ccccc2)c1. The monoisotopic (exact) mass is 523 g/mol. The van der Waals surface area contributed by atoms with E-state index in [0.29, 0.717) is 18.8 Å². The van der Waals surface area contributed by atoms with Crippen LogP contribution in [0.25, 0.3) is 0 Å². The summed E-state index contributed by atoms with van der Waals surface area (Å²) in [6.07, 6.45) is 0. The summed E-state index contributed by atoms with van der Waals surface area (Å²) in [6, 6.07) is 24.1. The number of carbonyl (C=O) groups excluding carboxylic acids is 1. The lowest BCUT2D eigenvalue weighted by Gasteiger charge is -2.35. The van der Waals surface area contributed by atoms with Crippen LogP contribution in [0.1, 0.15) is 11.1 Å². The molecule has 1 aliphatic rings. The van der Waals surface area contributed by atoms with Gasteiger partial charge in [-0.1, -0.05) is 60.7 Å². The van der Waals surface area contributed by atoms with E-state index < -0.39 is 10.0 Å². The molecular formula is C28H33N3O5S. The minimum Gasteiger partial charge on any atom is -0.497 e. The van der Waals surface area contributed by atoms with Crippen LogP contribution in [-0.2, 0) is 27.9 Å². The zero-order chi connectivity index (χ0) is 26.3. The van der Waals surface area contributed by atoms with Gasteiger partial charge in [-0.25, -0.2) is 8.42 Å². The Hall–Kier alpha value is -3.40. The maximum atomic E-state index is 13.9. The van der Waals surface area contributed by atoms with Crippen LogP contribution in [0.3, 0.4) is 0 Å². The van der Waals surface area contributed by atoms with Crippen LogP contribution in [-0.4, -0.2) is 75.4 Å². The number of sulfonamides is 1. The van der Waals surface area contributed by atoms with Crippen molar-refractivity contribution in [3.63, 3.8) is 0 Å². The molecule has 1 amide bonds. The van der Waals surface area contributed by atoms with Crippen molar-refractivity contribution < 1.29 is 22.7 Å². The second-order valence-corrected chi connectivity index (χ2v) is 10.8. The third-order valence-corrected chi connectivity index (χ3v) is 8.29. The standard InChI is InChI=1S/C28H33N3O5S/c1-35-25-13-14-26(36-2)27(19-25)37(33,34)31(21-24-11-7-4-8-12-24)22-28(32)30-17-15-29(16-18-30)20-23-9-5-3-6-10-23/h3-14,19H,15-18,20-22H2,1-2H3. The fourth-order valence-electron chi connectivity index (χ4n) is 4.39. The van der Waals surface area contributed by atoms with Crippen molar-refractivity contribution in [3.8, 4) is 11.5 Å².